The zero-order valence-electron chi connectivity index (χ0n) is 56.8. The molecule has 0 radical (unpaired) electrons. The number of hydrogen-bond acceptors (Lipinski definition) is 6. The van der Waals surface area contributed by atoms with Crippen molar-refractivity contribution in [3.05, 3.63) is 277 Å². The Morgan fingerprint density at radius 3 is 0.708 bits per heavy atom. The van der Waals surface area contributed by atoms with Crippen molar-refractivity contribution in [3.63, 3.8) is 0 Å². The second kappa shape index (κ2) is 23.5. The highest BCUT2D eigenvalue weighted by atomic mass is 15.1. The van der Waals surface area contributed by atoms with E-state index in [2.05, 4.69) is 274 Å². The van der Waals surface area contributed by atoms with Gasteiger partial charge in [-0.3, -0.25) is 0 Å². The first-order valence-corrected chi connectivity index (χ1v) is 33.4. The van der Waals surface area contributed by atoms with E-state index in [4.69, 9.17) is 29.9 Å². The van der Waals surface area contributed by atoms with Gasteiger partial charge in [-0.25, -0.2) is 29.9 Å². The van der Waals surface area contributed by atoms with Crippen LogP contribution in [-0.4, -0.2) is 39.0 Å². The second-order valence-corrected chi connectivity index (χ2v) is 29.7. The van der Waals surface area contributed by atoms with E-state index in [0.717, 1.165) is 89.1 Å². The Hall–Kier alpha value is -11.0. The first kappa shape index (κ1) is 61.2. The van der Waals surface area contributed by atoms with Crippen LogP contribution in [0.5, 0.6) is 0 Å². The van der Waals surface area contributed by atoms with Crippen molar-refractivity contribution in [1.29, 1.82) is 0 Å². The molecular weight excluding hydrogens is 1170 g/mol. The first-order chi connectivity index (χ1) is 46.1. The Morgan fingerprint density at radius 2 is 0.448 bits per heavy atom. The Morgan fingerprint density at radius 1 is 0.208 bits per heavy atom. The van der Waals surface area contributed by atoms with E-state index in [1.807, 2.05) is 72.8 Å². The summed E-state index contributed by atoms with van der Waals surface area (Å²) < 4.78 is 4.89. The van der Waals surface area contributed by atoms with E-state index < -0.39 is 0 Å². The monoisotopic (exact) mass is 1250 g/mol. The van der Waals surface area contributed by atoms with Gasteiger partial charge >= 0.3 is 0 Å². The third-order valence-electron chi connectivity index (χ3n) is 18.9. The van der Waals surface area contributed by atoms with Gasteiger partial charge in [0.1, 0.15) is 0 Å². The molecule has 4 heterocycles. The summed E-state index contributed by atoms with van der Waals surface area (Å²) in [5.41, 5.74) is 20.7. The van der Waals surface area contributed by atoms with E-state index >= 15 is 0 Å². The lowest BCUT2D eigenvalue weighted by molar-refractivity contribution is 0.590. The molecule has 8 heteroatoms. The van der Waals surface area contributed by atoms with Gasteiger partial charge in [0.05, 0.1) is 33.4 Å². The van der Waals surface area contributed by atoms with Gasteiger partial charge in [0.15, 0.2) is 34.9 Å². The van der Waals surface area contributed by atoms with Gasteiger partial charge in [-0.2, -0.15) is 0 Å². The fourth-order valence-corrected chi connectivity index (χ4v) is 13.3. The minimum Gasteiger partial charge on any atom is -0.308 e. The van der Waals surface area contributed by atoms with Gasteiger partial charge in [-0.05, 0) is 145 Å². The third kappa shape index (κ3) is 11.4. The number of rotatable bonds is 10. The minimum absolute atomic E-state index is 0.0750. The van der Waals surface area contributed by atoms with Crippen LogP contribution in [0.2, 0.25) is 0 Å². The molecular formula is C88H78N8. The summed E-state index contributed by atoms with van der Waals surface area (Å²) in [5, 5.41) is 4.79. The molecule has 0 fully saturated rings. The predicted octanol–water partition coefficient (Wildman–Crippen LogP) is 22.8. The maximum absolute atomic E-state index is 5.40. The normalized spacial score (nSPS) is 12.4. The summed E-state index contributed by atoms with van der Waals surface area (Å²) in [6.07, 6.45) is 0. The fraction of sp³-hybridized carbons (Fsp3) is 0.182. The average Bonchev–Trinajstić information content (AvgIpc) is 1.57. The second-order valence-electron chi connectivity index (χ2n) is 29.7. The van der Waals surface area contributed by atoms with E-state index in [1.54, 1.807) is 0 Å². The van der Waals surface area contributed by atoms with Gasteiger partial charge < -0.3 is 9.13 Å². The van der Waals surface area contributed by atoms with Crippen LogP contribution >= 0.6 is 0 Å². The molecule has 0 bridgehead atoms. The maximum Gasteiger partial charge on any atom is 0.166 e. The summed E-state index contributed by atoms with van der Waals surface area (Å²) in [5.74, 6) is 3.58. The SMILES string of the molecule is CC(C)(C)c1ccc2c(c1)c1cc(C(C)(C)C)ccc1n2-c1cc(-c2cccc(-c3ccc(-c4nc(-c5ccccc5)nc(-c5ccccc5)n4)c(-n4c5ccc(C(C)(C)C)cc5c5cc(C(C)(C)C)ccc54)c3)c2)ccc1-c1nc(-c2ccccc2)nc(-c2ccccc2)n1. The highest BCUT2D eigenvalue weighted by Gasteiger charge is 2.27. The molecule has 0 aliphatic carbocycles. The Labute approximate surface area is 563 Å². The molecule has 0 atom stereocenters. The average molecular weight is 1250 g/mol. The van der Waals surface area contributed by atoms with Crippen molar-refractivity contribution >= 4 is 43.6 Å². The molecule has 0 amide bonds. The molecule has 0 saturated heterocycles. The summed E-state index contributed by atoms with van der Waals surface area (Å²) in [4.78, 5) is 31.9. The zero-order valence-corrected chi connectivity index (χ0v) is 56.8. The Kier molecular flexibility index (Phi) is 15.0. The van der Waals surface area contributed by atoms with Gasteiger partial charge in [-0.1, -0.05) is 259 Å². The Bertz CT molecular complexity index is 4880. The van der Waals surface area contributed by atoms with E-state index in [-0.39, 0.29) is 21.7 Å². The van der Waals surface area contributed by atoms with E-state index in [0.29, 0.717) is 34.9 Å². The van der Waals surface area contributed by atoms with Gasteiger partial charge in [0.25, 0.3) is 0 Å². The smallest absolute Gasteiger partial charge is 0.166 e. The lowest BCUT2D eigenvalue weighted by atomic mass is 9.85. The lowest BCUT2D eigenvalue weighted by Crippen LogP contribution is -2.10. The van der Waals surface area contributed by atoms with Gasteiger partial charge in [-0.15, -0.1) is 0 Å². The number of fused-ring (bicyclic) bond motifs is 6. The van der Waals surface area contributed by atoms with Gasteiger partial charge in [0.2, 0.25) is 0 Å². The van der Waals surface area contributed by atoms with Crippen LogP contribution in [0.25, 0.3) is 146 Å². The molecule has 15 aromatic rings. The predicted molar refractivity (Wildman–Crippen MR) is 400 cm³/mol. The van der Waals surface area contributed by atoms with E-state index in [9.17, 15) is 0 Å². The molecule has 0 N–H and O–H groups in total. The van der Waals surface area contributed by atoms with Crippen molar-refractivity contribution < 1.29 is 0 Å². The van der Waals surface area contributed by atoms with Crippen LogP contribution in [0, 0.1) is 0 Å². The van der Waals surface area contributed by atoms with E-state index in [1.165, 1.54) is 43.8 Å². The fourth-order valence-electron chi connectivity index (χ4n) is 13.3. The number of hydrogen-bond donors (Lipinski definition) is 0. The molecule has 470 valence electrons. The molecule has 15 rings (SSSR count). The molecule has 0 aliphatic heterocycles. The quantitative estimate of drug-likeness (QED) is 0.136. The molecule has 4 aromatic heterocycles. The number of nitrogens with zero attached hydrogens (tertiary/aromatic N) is 8. The summed E-state index contributed by atoms with van der Waals surface area (Å²) >= 11 is 0. The molecule has 0 spiro atoms. The van der Waals surface area contributed by atoms with Crippen LogP contribution in [0.1, 0.15) is 105 Å². The molecule has 96 heavy (non-hydrogen) atoms. The minimum atomic E-state index is -0.0750. The maximum atomic E-state index is 5.40. The summed E-state index contributed by atoms with van der Waals surface area (Å²) in [6.45, 7) is 27.5. The zero-order chi connectivity index (χ0) is 66.4. The van der Waals surface area contributed by atoms with Crippen molar-refractivity contribution in [1.82, 2.24) is 39.0 Å². The van der Waals surface area contributed by atoms with Crippen LogP contribution in [0.3, 0.4) is 0 Å². The lowest BCUT2D eigenvalue weighted by Gasteiger charge is -2.20. The molecule has 0 aliphatic rings. The topological polar surface area (TPSA) is 87.2 Å². The molecule has 11 aromatic carbocycles. The number of benzene rings is 11. The van der Waals surface area contributed by atoms with Crippen molar-refractivity contribution in [2.24, 2.45) is 0 Å². The molecule has 0 saturated carbocycles. The standard InChI is InChI=1S/C88H78N8/c1-85(2,3)63-38-44-73-69(51-63)70-52-64(86(4,5)6)39-45-74(70)95(73)77-49-61(36-42-67(77)83-91-79(55-26-17-13-18-27-55)89-80(92-83)56-28-19-14-20-29-56)59-34-25-35-60(48-59)62-37-43-68(84-93-81(57-30-21-15-22-31-57)90-82(94-84)58-32-23-16-24-33-58)78(50-62)96-75-46-40-65(87(7,8)9)53-71(75)72-54-66(88(10,11)12)41-47-76(72)96/h13-54H,1-12H3. The summed E-state index contributed by atoms with van der Waals surface area (Å²) in [7, 11) is 0. The van der Waals surface area contributed by atoms with Crippen LogP contribution in [-0.2, 0) is 21.7 Å². The Balaban J connectivity index is 0.970. The number of aromatic nitrogens is 8. The highest BCUT2D eigenvalue weighted by Crippen LogP contribution is 2.45. The van der Waals surface area contributed by atoms with Crippen molar-refractivity contribution in [2.75, 3.05) is 0 Å². The van der Waals surface area contributed by atoms with Crippen molar-refractivity contribution in [3.8, 4) is 102 Å². The molecule has 0 unspecified atom stereocenters. The highest BCUT2D eigenvalue weighted by molar-refractivity contribution is 6.12. The van der Waals surface area contributed by atoms with Crippen molar-refractivity contribution in [2.45, 2.75) is 105 Å². The third-order valence-corrected chi connectivity index (χ3v) is 18.9. The van der Waals surface area contributed by atoms with Gasteiger partial charge in [0, 0.05) is 54.9 Å². The molecule has 8 nitrogen and oxygen atoms in total. The van der Waals surface area contributed by atoms with Crippen LogP contribution in [0.15, 0.2) is 255 Å². The van der Waals surface area contributed by atoms with Crippen LogP contribution in [0.4, 0.5) is 0 Å². The first-order valence-electron chi connectivity index (χ1n) is 33.4. The largest absolute Gasteiger partial charge is 0.308 e. The van der Waals surface area contributed by atoms with Crippen LogP contribution < -0.4 is 0 Å². The summed E-state index contributed by atoms with van der Waals surface area (Å²) in [6, 6.07) is 91.6.